The van der Waals surface area contributed by atoms with Gasteiger partial charge in [0, 0.05) is 33.8 Å². The Hall–Kier alpha value is -1.40. The molecule has 0 unspecified atom stereocenters. The van der Waals surface area contributed by atoms with Crippen LogP contribution in [0.25, 0.3) is 0 Å². The predicted molar refractivity (Wildman–Crippen MR) is 78.7 cm³/mol. The van der Waals surface area contributed by atoms with Crippen molar-refractivity contribution in [3.8, 4) is 0 Å². The standard InChI is InChI=1S/C13H25N5O/c1-14-11-9-13(16-12(15-11)10-19-5)18(4)8-6-7-17(2)3/h9H,6-8,10H2,1-5H3,(H,14,15,16). The Bertz CT molecular complexity index is 383. The first-order valence-corrected chi connectivity index (χ1v) is 6.47. The second-order valence-corrected chi connectivity index (χ2v) is 4.79. The number of methoxy groups -OCH3 is 1. The third-order valence-electron chi connectivity index (χ3n) is 2.78. The Kier molecular flexibility index (Phi) is 6.52. The molecule has 1 aromatic heterocycles. The van der Waals surface area contributed by atoms with Gasteiger partial charge in [0.25, 0.3) is 0 Å². The van der Waals surface area contributed by atoms with Crippen LogP contribution in [0.5, 0.6) is 0 Å². The zero-order valence-electron chi connectivity index (χ0n) is 12.6. The minimum Gasteiger partial charge on any atom is -0.377 e. The Morgan fingerprint density at radius 3 is 2.53 bits per heavy atom. The molecule has 0 spiro atoms. The second kappa shape index (κ2) is 7.91. The first-order valence-electron chi connectivity index (χ1n) is 6.47. The van der Waals surface area contributed by atoms with E-state index >= 15 is 0 Å². The summed E-state index contributed by atoms with van der Waals surface area (Å²) in [6, 6.07) is 1.95. The van der Waals surface area contributed by atoms with Gasteiger partial charge in [0.2, 0.25) is 0 Å². The summed E-state index contributed by atoms with van der Waals surface area (Å²) in [4.78, 5) is 13.2. The van der Waals surface area contributed by atoms with Crippen LogP contribution in [0.3, 0.4) is 0 Å². The predicted octanol–water partition coefficient (Wildman–Crippen LogP) is 1.05. The Morgan fingerprint density at radius 1 is 1.21 bits per heavy atom. The fourth-order valence-corrected chi connectivity index (χ4v) is 1.74. The van der Waals surface area contributed by atoms with Crippen molar-refractivity contribution in [1.29, 1.82) is 0 Å². The van der Waals surface area contributed by atoms with Crippen molar-refractivity contribution in [2.24, 2.45) is 0 Å². The third kappa shape index (κ3) is 5.40. The lowest BCUT2D eigenvalue weighted by Crippen LogP contribution is -2.24. The molecule has 0 atom stereocenters. The van der Waals surface area contributed by atoms with Crippen LogP contribution in [0.1, 0.15) is 12.2 Å². The van der Waals surface area contributed by atoms with E-state index in [0.717, 1.165) is 31.1 Å². The smallest absolute Gasteiger partial charge is 0.158 e. The highest BCUT2D eigenvalue weighted by molar-refractivity contribution is 5.48. The molecule has 0 aliphatic carbocycles. The molecule has 1 rings (SSSR count). The van der Waals surface area contributed by atoms with E-state index in [1.807, 2.05) is 20.2 Å². The summed E-state index contributed by atoms with van der Waals surface area (Å²) in [5.41, 5.74) is 0. The molecule has 0 saturated carbocycles. The topological polar surface area (TPSA) is 53.5 Å². The maximum absolute atomic E-state index is 5.10. The number of ether oxygens (including phenoxy) is 1. The molecular weight excluding hydrogens is 242 g/mol. The van der Waals surface area contributed by atoms with Gasteiger partial charge in [0.1, 0.15) is 18.2 Å². The van der Waals surface area contributed by atoms with Gasteiger partial charge < -0.3 is 19.9 Å². The molecule has 0 bridgehead atoms. The van der Waals surface area contributed by atoms with Crippen molar-refractivity contribution in [3.05, 3.63) is 11.9 Å². The van der Waals surface area contributed by atoms with Crippen molar-refractivity contribution in [1.82, 2.24) is 14.9 Å². The minimum absolute atomic E-state index is 0.425. The molecule has 0 radical (unpaired) electrons. The molecule has 1 heterocycles. The lowest BCUT2D eigenvalue weighted by atomic mass is 10.3. The van der Waals surface area contributed by atoms with Gasteiger partial charge in [0.05, 0.1) is 0 Å². The third-order valence-corrected chi connectivity index (χ3v) is 2.78. The molecule has 1 N–H and O–H groups in total. The quantitative estimate of drug-likeness (QED) is 0.760. The maximum atomic E-state index is 5.10. The number of hydrogen-bond donors (Lipinski definition) is 1. The minimum atomic E-state index is 0.425. The van der Waals surface area contributed by atoms with E-state index in [2.05, 4.69) is 39.2 Å². The molecule has 0 aliphatic heterocycles. The highest BCUT2D eigenvalue weighted by Gasteiger charge is 2.08. The zero-order valence-corrected chi connectivity index (χ0v) is 12.6. The second-order valence-electron chi connectivity index (χ2n) is 4.79. The van der Waals surface area contributed by atoms with Gasteiger partial charge in [-0.05, 0) is 27.1 Å². The molecule has 0 aromatic carbocycles. The summed E-state index contributed by atoms with van der Waals surface area (Å²) < 4.78 is 5.10. The van der Waals surface area contributed by atoms with E-state index in [0.29, 0.717) is 12.4 Å². The Balaban J connectivity index is 2.71. The number of aromatic nitrogens is 2. The van der Waals surface area contributed by atoms with E-state index in [9.17, 15) is 0 Å². The highest BCUT2D eigenvalue weighted by atomic mass is 16.5. The number of rotatable bonds is 8. The molecule has 108 valence electrons. The summed E-state index contributed by atoms with van der Waals surface area (Å²) in [7, 11) is 9.72. The number of anilines is 2. The molecule has 0 saturated heterocycles. The molecular formula is C13H25N5O. The normalized spacial score (nSPS) is 10.8. The average Bonchev–Trinajstić information content (AvgIpc) is 2.38. The molecule has 0 amide bonds. The van der Waals surface area contributed by atoms with Gasteiger partial charge >= 0.3 is 0 Å². The lowest BCUT2D eigenvalue weighted by molar-refractivity contribution is 0.178. The van der Waals surface area contributed by atoms with Gasteiger partial charge in [-0.15, -0.1) is 0 Å². The van der Waals surface area contributed by atoms with Gasteiger partial charge in [-0.1, -0.05) is 0 Å². The molecule has 6 heteroatoms. The fraction of sp³-hybridized carbons (Fsp3) is 0.692. The van der Waals surface area contributed by atoms with Gasteiger partial charge in [-0.2, -0.15) is 0 Å². The molecule has 19 heavy (non-hydrogen) atoms. The number of hydrogen-bond acceptors (Lipinski definition) is 6. The summed E-state index contributed by atoms with van der Waals surface area (Å²) in [5.74, 6) is 2.44. The van der Waals surface area contributed by atoms with Crippen LogP contribution < -0.4 is 10.2 Å². The van der Waals surface area contributed by atoms with Gasteiger partial charge in [0.15, 0.2) is 5.82 Å². The largest absolute Gasteiger partial charge is 0.377 e. The van der Waals surface area contributed by atoms with E-state index in [1.165, 1.54) is 0 Å². The average molecular weight is 267 g/mol. The van der Waals surface area contributed by atoms with Crippen LogP contribution in [0.15, 0.2) is 6.07 Å². The number of nitrogens with zero attached hydrogens (tertiary/aromatic N) is 4. The van der Waals surface area contributed by atoms with E-state index in [4.69, 9.17) is 4.74 Å². The van der Waals surface area contributed by atoms with Crippen molar-refractivity contribution >= 4 is 11.6 Å². The summed E-state index contributed by atoms with van der Waals surface area (Å²) in [6.45, 7) is 2.46. The molecule has 6 nitrogen and oxygen atoms in total. The van der Waals surface area contributed by atoms with Crippen LogP contribution in [0, 0.1) is 0 Å². The molecule has 1 aromatic rings. The van der Waals surface area contributed by atoms with Gasteiger partial charge in [-0.3, -0.25) is 0 Å². The van der Waals surface area contributed by atoms with Crippen LogP contribution >= 0.6 is 0 Å². The van der Waals surface area contributed by atoms with Crippen LogP contribution in [-0.2, 0) is 11.3 Å². The zero-order chi connectivity index (χ0) is 14.3. The van der Waals surface area contributed by atoms with E-state index in [1.54, 1.807) is 7.11 Å². The monoisotopic (exact) mass is 267 g/mol. The van der Waals surface area contributed by atoms with Crippen molar-refractivity contribution in [2.75, 3.05) is 58.6 Å². The summed E-state index contributed by atoms with van der Waals surface area (Å²) in [6.07, 6.45) is 1.10. The summed E-state index contributed by atoms with van der Waals surface area (Å²) in [5, 5.41) is 3.05. The van der Waals surface area contributed by atoms with Crippen molar-refractivity contribution < 1.29 is 4.74 Å². The van der Waals surface area contributed by atoms with Crippen LogP contribution in [0.4, 0.5) is 11.6 Å². The van der Waals surface area contributed by atoms with E-state index < -0.39 is 0 Å². The Labute approximate surface area is 115 Å². The molecule has 0 fully saturated rings. The molecule has 0 aliphatic rings. The first kappa shape index (κ1) is 15.7. The fourth-order valence-electron chi connectivity index (χ4n) is 1.74. The van der Waals surface area contributed by atoms with Crippen LogP contribution in [-0.4, -0.2) is 63.3 Å². The van der Waals surface area contributed by atoms with Crippen LogP contribution in [0.2, 0.25) is 0 Å². The summed E-state index contributed by atoms with van der Waals surface area (Å²) >= 11 is 0. The number of nitrogens with one attached hydrogen (secondary N) is 1. The lowest BCUT2D eigenvalue weighted by Gasteiger charge is -2.20. The Morgan fingerprint density at radius 2 is 1.95 bits per heavy atom. The van der Waals surface area contributed by atoms with Gasteiger partial charge in [-0.25, -0.2) is 9.97 Å². The van der Waals surface area contributed by atoms with Crippen molar-refractivity contribution in [3.63, 3.8) is 0 Å². The SMILES string of the molecule is CNc1cc(N(C)CCCN(C)C)nc(COC)n1. The first-order chi connectivity index (χ1) is 9.06. The van der Waals surface area contributed by atoms with E-state index in [-0.39, 0.29) is 0 Å². The maximum Gasteiger partial charge on any atom is 0.158 e. The van der Waals surface area contributed by atoms with Crippen molar-refractivity contribution in [2.45, 2.75) is 13.0 Å². The highest BCUT2D eigenvalue weighted by Crippen LogP contribution is 2.15.